The largest absolute Gasteiger partial charge is 0.314 e. The molecular weight excluding hydrogens is 292 g/mol. The molecule has 1 fully saturated rings. The summed E-state index contributed by atoms with van der Waals surface area (Å²) in [6.45, 7) is 1.60. The third-order valence-corrected chi connectivity index (χ3v) is 6.68. The zero-order chi connectivity index (χ0) is 14.4. The monoisotopic (exact) mass is 316 g/mol. The van der Waals surface area contributed by atoms with Crippen molar-refractivity contribution in [3.63, 3.8) is 0 Å². The standard InChI is InChI=1S/C14H24N2O2S2/c1-16(10-7-14-6-4-11-19-14)20(17,18)12-8-13-5-2-3-9-15-13/h4,6,11,13,15H,2-3,5,7-10,12H2,1H3. The predicted molar refractivity (Wildman–Crippen MR) is 84.7 cm³/mol. The van der Waals surface area contributed by atoms with Crippen LogP contribution in [-0.2, 0) is 16.4 Å². The average Bonchev–Trinajstić information content (AvgIpc) is 2.97. The quantitative estimate of drug-likeness (QED) is 0.838. The maximum Gasteiger partial charge on any atom is 0.213 e. The van der Waals surface area contributed by atoms with Crippen molar-refractivity contribution in [3.05, 3.63) is 22.4 Å². The molecule has 1 aliphatic rings. The van der Waals surface area contributed by atoms with E-state index in [1.54, 1.807) is 18.4 Å². The van der Waals surface area contributed by atoms with Crippen LogP contribution in [0.5, 0.6) is 0 Å². The zero-order valence-corrected chi connectivity index (χ0v) is 13.7. The molecule has 114 valence electrons. The first kappa shape index (κ1) is 15.9. The summed E-state index contributed by atoms with van der Waals surface area (Å²) >= 11 is 1.68. The summed E-state index contributed by atoms with van der Waals surface area (Å²) in [4.78, 5) is 1.24. The molecule has 1 aromatic heterocycles. The van der Waals surface area contributed by atoms with Gasteiger partial charge in [-0.15, -0.1) is 11.3 Å². The Morgan fingerprint density at radius 3 is 2.95 bits per heavy atom. The van der Waals surface area contributed by atoms with E-state index < -0.39 is 10.0 Å². The molecule has 2 rings (SSSR count). The third kappa shape index (κ3) is 4.84. The van der Waals surface area contributed by atoms with E-state index in [-0.39, 0.29) is 5.75 Å². The second kappa shape index (κ2) is 7.54. The summed E-state index contributed by atoms with van der Waals surface area (Å²) in [5, 5.41) is 5.43. The van der Waals surface area contributed by atoms with Crippen molar-refractivity contribution in [3.8, 4) is 0 Å². The molecule has 0 saturated carbocycles. The lowest BCUT2D eigenvalue weighted by Gasteiger charge is -2.24. The van der Waals surface area contributed by atoms with E-state index in [1.807, 2.05) is 11.4 Å². The van der Waals surface area contributed by atoms with Crippen molar-refractivity contribution in [1.82, 2.24) is 9.62 Å². The summed E-state index contributed by atoms with van der Waals surface area (Å²) in [7, 11) is -1.42. The Hall–Kier alpha value is -0.430. The summed E-state index contributed by atoms with van der Waals surface area (Å²) in [6.07, 6.45) is 5.06. The van der Waals surface area contributed by atoms with Gasteiger partial charge in [0.25, 0.3) is 0 Å². The molecular formula is C14H24N2O2S2. The van der Waals surface area contributed by atoms with Crippen LogP contribution < -0.4 is 5.32 Å². The normalized spacial score (nSPS) is 20.4. The number of nitrogens with zero attached hydrogens (tertiary/aromatic N) is 1. The van der Waals surface area contributed by atoms with Crippen LogP contribution in [0.25, 0.3) is 0 Å². The van der Waals surface area contributed by atoms with Gasteiger partial charge in [0.15, 0.2) is 0 Å². The molecule has 0 amide bonds. The van der Waals surface area contributed by atoms with Crippen LogP contribution in [0.2, 0.25) is 0 Å². The minimum absolute atomic E-state index is 0.256. The fraction of sp³-hybridized carbons (Fsp3) is 0.714. The van der Waals surface area contributed by atoms with Gasteiger partial charge in [-0.3, -0.25) is 0 Å². The van der Waals surface area contributed by atoms with Crippen molar-refractivity contribution in [2.24, 2.45) is 0 Å². The molecule has 1 saturated heterocycles. The summed E-state index contributed by atoms with van der Waals surface area (Å²) in [5.41, 5.74) is 0. The number of likely N-dealkylation sites (N-methyl/N-ethyl adjacent to an activating group) is 1. The molecule has 20 heavy (non-hydrogen) atoms. The van der Waals surface area contributed by atoms with E-state index in [4.69, 9.17) is 0 Å². The Balaban J connectivity index is 1.76. The number of hydrogen-bond acceptors (Lipinski definition) is 4. The number of hydrogen-bond donors (Lipinski definition) is 1. The van der Waals surface area contributed by atoms with Gasteiger partial charge in [0.2, 0.25) is 10.0 Å². The molecule has 0 aliphatic carbocycles. The van der Waals surface area contributed by atoms with E-state index in [0.717, 1.165) is 25.8 Å². The molecule has 2 heterocycles. The second-order valence-corrected chi connectivity index (χ2v) is 8.63. The highest BCUT2D eigenvalue weighted by atomic mass is 32.2. The van der Waals surface area contributed by atoms with Crippen molar-refractivity contribution in [2.75, 3.05) is 25.9 Å². The molecule has 0 spiro atoms. The maximum absolute atomic E-state index is 12.2. The van der Waals surface area contributed by atoms with Crippen LogP contribution in [0.4, 0.5) is 0 Å². The molecule has 1 aliphatic heterocycles. The first-order chi connectivity index (χ1) is 9.58. The Kier molecular flexibility index (Phi) is 6.01. The van der Waals surface area contributed by atoms with E-state index in [0.29, 0.717) is 12.6 Å². The zero-order valence-electron chi connectivity index (χ0n) is 12.0. The van der Waals surface area contributed by atoms with Crippen LogP contribution >= 0.6 is 11.3 Å². The highest BCUT2D eigenvalue weighted by Gasteiger charge is 2.21. The van der Waals surface area contributed by atoms with Crippen molar-refractivity contribution in [2.45, 2.75) is 38.1 Å². The number of nitrogens with one attached hydrogen (secondary N) is 1. The Morgan fingerprint density at radius 2 is 2.30 bits per heavy atom. The van der Waals surface area contributed by atoms with Gasteiger partial charge in [0, 0.05) is 24.5 Å². The van der Waals surface area contributed by atoms with Gasteiger partial charge in [-0.2, -0.15) is 0 Å². The maximum atomic E-state index is 12.2. The summed E-state index contributed by atoms with van der Waals surface area (Å²) in [6, 6.07) is 4.43. The van der Waals surface area contributed by atoms with Gasteiger partial charge in [0.1, 0.15) is 0 Å². The van der Waals surface area contributed by atoms with Gasteiger partial charge < -0.3 is 5.32 Å². The Bertz CT molecular complexity index is 479. The fourth-order valence-corrected chi connectivity index (χ4v) is 4.44. The van der Waals surface area contributed by atoms with Crippen LogP contribution in [0.3, 0.4) is 0 Å². The first-order valence-electron chi connectivity index (χ1n) is 7.28. The first-order valence-corrected chi connectivity index (χ1v) is 9.76. The smallest absolute Gasteiger partial charge is 0.213 e. The minimum Gasteiger partial charge on any atom is -0.314 e. The molecule has 1 unspecified atom stereocenters. The lowest BCUT2D eigenvalue weighted by molar-refractivity contribution is 0.389. The van der Waals surface area contributed by atoms with E-state index in [2.05, 4.69) is 11.4 Å². The number of piperidine rings is 1. The van der Waals surface area contributed by atoms with Gasteiger partial charge in [0.05, 0.1) is 5.75 Å². The van der Waals surface area contributed by atoms with Crippen molar-refractivity contribution >= 4 is 21.4 Å². The SMILES string of the molecule is CN(CCc1cccs1)S(=O)(=O)CCC1CCCCN1. The molecule has 0 radical (unpaired) electrons. The fourth-order valence-electron chi connectivity index (χ4n) is 2.48. The Labute approximate surface area is 126 Å². The highest BCUT2D eigenvalue weighted by molar-refractivity contribution is 7.89. The van der Waals surface area contributed by atoms with E-state index in [1.165, 1.54) is 22.0 Å². The predicted octanol–water partition coefficient (Wildman–Crippen LogP) is 2.08. The second-order valence-electron chi connectivity index (χ2n) is 5.40. The summed E-state index contributed by atoms with van der Waals surface area (Å²) in [5.74, 6) is 0.256. The van der Waals surface area contributed by atoms with Gasteiger partial charge in [-0.05, 0) is 43.7 Å². The van der Waals surface area contributed by atoms with E-state index >= 15 is 0 Å². The molecule has 4 nitrogen and oxygen atoms in total. The molecule has 1 atom stereocenters. The van der Waals surface area contributed by atoms with Crippen LogP contribution in [0, 0.1) is 0 Å². The molecule has 1 N–H and O–H groups in total. The average molecular weight is 316 g/mol. The van der Waals surface area contributed by atoms with Gasteiger partial charge in [-0.1, -0.05) is 12.5 Å². The number of thiophene rings is 1. The van der Waals surface area contributed by atoms with E-state index in [9.17, 15) is 8.42 Å². The van der Waals surface area contributed by atoms with Crippen LogP contribution in [0.1, 0.15) is 30.6 Å². The molecule has 1 aromatic rings. The number of rotatable bonds is 7. The minimum atomic E-state index is -3.11. The van der Waals surface area contributed by atoms with Gasteiger partial charge in [-0.25, -0.2) is 12.7 Å². The van der Waals surface area contributed by atoms with Crippen molar-refractivity contribution in [1.29, 1.82) is 0 Å². The molecule has 0 bridgehead atoms. The van der Waals surface area contributed by atoms with Crippen LogP contribution in [0.15, 0.2) is 17.5 Å². The number of sulfonamides is 1. The lowest BCUT2D eigenvalue weighted by atomic mass is 10.0. The Morgan fingerprint density at radius 1 is 1.45 bits per heavy atom. The third-order valence-electron chi connectivity index (χ3n) is 3.86. The van der Waals surface area contributed by atoms with Crippen LogP contribution in [-0.4, -0.2) is 44.7 Å². The molecule has 6 heteroatoms. The van der Waals surface area contributed by atoms with Crippen molar-refractivity contribution < 1.29 is 8.42 Å². The highest BCUT2D eigenvalue weighted by Crippen LogP contribution is 2.14. The lowest BCUT2D eigenvalue weighted by Crippen LogP contribution is -2.38. The summed E-state index contributed by atoms with van der Waals surface area (Å²) < 4.78 is 26.0. The topological polar surface area (TPSA) is 49.4 Å². The molecule has 0 aromatic carbocycles. The van der Waals surface area contributed by atoms with Gasteiger partial charge >= 0.3 is 0 Å².